The lowest BCUT2D eigenvalue weighted by atomic mass is 9.62. The third-order valence-electron chi connectivity index (χ3n) is 7.02. The summed E-state index contributed by atoms with van der Waals surface area (Å²) in [5, 5.41) is 0. The van der Waals surface area contributed by atoms with Crippen LogP contribution >= 0.6 is 0 Å². The molecule has 0 spiro atoms. The smallest absolute Gasteiger partial charge is 0.131 e. The van der Waals surface area contributed by atoms with E-state index in [-0.39, 0.29) is 5.82 Å². The molecule has 0 heterocycles. The molecule has 1 heteroatoms. The van der Waals surface area contributed by atoms with Crippen LogP contribution in [0.3, 0.4) is 0 Å². The van der Waals surface area contributed by atoms with Crippen LogP contribution in [0.15, 0.2) is 42.5 Å². The van der Waals surface area contributed by atoms with Crippen molar-refractivity contribution in [3.05, 3.63) is 53.9 Å². The summed E-state index contributed by atoms with van der Waals surface area (Å²) in [4.78, 5) is 0. The second-order valence-electron chi connectivity index (χ2n) is 8.48. The quantitative estimate of drug-likeness (QED) is 0.436. The number of allylic oxidation sites excluding steroid dienone is 4. The van der Waals surface area contributed by atoms with Crippen molar-refractivity contribution in [3.63, 3.8) is 0 Å². The molecule has 26 heavy (non-hydrogen) atoms. The summed E-state index contributed by atoms with van der Waals surface area (Å²) in [6.45, 7) is 4.63. The Morgan fingerprint density at radius 3 is 2.42 bits per heavy atom. The molecule has 1 aromatic rings. The van der Waals surface area contributed by atoms with Crippen LogP contribution in [-0.4, -0.2) is 0 Å². The molecule has 2 aliphatic carbocycles. The third kappa shape index (κ3) is 4.30. The largest absolute Gasteiger partial charge is 0.206 e. The van der Waals surface area contributed by atoms with E-state index in [2.05, 4.69) is 32.1 Å². The molecule has 1 saturated carbocycles. The van der Waals surface area contributed by atoms with Crippen molar-refractivity contribution in [2.75, 3.05) is 0 Å². The second kappa shape index (κ2) is 9.02. The standard InChI is InChI=1S/C25H35F/c1-3-5-6-9-20-12-14-22(15-13-20)25(4-2)18-16-21(17-19-25)23-10-7-8-11-24(23)26/h7-8,10-11,16-18,20,22H,3-6,9,12-15,19H2,1-2H3/t20-,22-,25?. The van der Waals surface area contributed by atoms with Gasteiger partial charge in [-0.05, 0) is 54.6 Å². The van der Waals surface area contributed by atoms with Gasteiger partial charge in [0.2, 0.25) is 0 Å². The fourth-order valence-electron chi connectivity index (χ4n) is 5.15. The number of unbranched alkanes of at least 4 members (excludes halogenated alkanes) is 2. The van der Waals surface area contributed by atoms with Crippen LogP contribution in [0, 0.1) is 23.1 Å². The molecular formula is C25H35F. The summed E-state index contributed by atoms with van der Waals surface area (Å²) in [5.41, 5.74) is 2.09. The number of hydrogen-bond donors (Lipinski definition) is 0. The van der Waals surface area contributed by atoms with Gasteiger partial charge in [0.1, 0.15) is 5.82 Å². The highest BCUT2D eigenvalue weighted by Gasteiger charge is 2.37. The lowest BCUT2D eigenvalue weighted by molar-refractivity contribution is 0.135. The first kappa shape index (κ1) is 19.4. The van der Waals surface area contributed by atoms with E-state index in [1.807, 2.05) is 12.1 Å². The highest BCUT2D eigenvalue weighted by atomic mass is 19.1. The van der Waals surface area contributed by atoms with Crippen molar-refractivity contribution in [2.45, 2.75) is 78.1 Å². The van der Waals surface area contributed by atoms with E-state index < -0.39 is 0 Å². The SMILES string of the molecule is CCCCC[C@H]1CC[C@H](C2(CC)C=CC(c3ccccc3F)=CC2)CC1. The molecular weight excluding hydrogens is 319 g/mol. The minimum atomic E-state index is -0.111. The van der Waals surface area contributed by atoms with Gasteiger partial charge in [-0.3, -0.25) is 0 Å². The number of benzene rings is 1. The molecule has 3 rings (SSSR count). The molecule has 0 amide bonds. The van der Waals surface area contributed by atoms with Gasteiger partial charge in [0, 0.05) is 5.56 Å². The number of halogens is 1. The fourth-order valence-corrected chi connectivity index (χ4v) is 5.15. The maximum Gasteiger partial charge on any atom is 0.131 e. The van der Waals surface area contributed by atoms with Gasteiger partial charge in [0.05, 0.1) is 0 Å². The summed E-state index contributed by atoms with van der Waals surface area (Å²) >= 11 is 0. The Bertz CT molecular complexity index is 633. The second-order valence-corrected chi connectivity index (χ2v) is 8.48. The monoisotopic (exact) mass is 354 g/mol. The predicted molar refractivity (Wildman–Crippen MR) is 110 cm³/mol. The molecule has 0 N–H and O–H groups in total. The summed E-state index contributed by atoms with van der Waals surface area (Å²) < 4.78 is 14.1. The minimum Gasteiger partial charge on any atom is -0.206 e. The zero-order valence-electron chi connectivity index (χ0n) is 16.6. The van der Waals surface area contributed by atoms with E-state index in [0.717, 1.165) is 29.4 Å². The van der Waals surface area contributed by atoms with E-state index in [1.54, 1.807) is 12.1 Å². The van der Waals surface area contributed by atoms with Crippen LogP contribution in [-0.2, 0) is 0 Å². The maximum absolute atomic E-state index is 14.1. The first-order chi connectivity index (χ1) is 12.7. The van der Waals surface area contributed by atoms with Gasteiger partial charge in [-0.2, -0.15) is 0 Å². The van der Waals surface area contributed by atoms with Crippen molar-refractivity contribution < 1.29 is 4.39 Å². The maximum atomic E-state index is 14.1. The van der Waals surface area contributed by atoms with Gasteiger partial charge >= 0.3 is 0 Å². The zero-order chi connectivity index (χ0) is 18.4. The molecule has 2 aliphatic rings. The number of hydrogen-bond acceptors (Lipinski definition) is 0. The molecule has 0 aromatic heterocycles. The topological polar surface area (TPSA) is 0 Å². The average molecular weight is 355 g/mol. The highest BCUT2D eigenvalue weighted by Crippen LogP contribution is 2.49. The predicted octanol–water partition coefficient (Wildman–Crippen LogP) is 7.95. The van der Waals surface area contributed by atoms with Crippen molar-refractivity contribution in [1.29, 1.82) is 0 Å². The van der Waals surface area contributed by atoms with E-state index in [0.29, 0.717) is 5.41 Å². The van der Waals surface area contributed by atoms with Crippen molar-refractivity contribution in [3.8, 4) is 0 Å². The first-order valence-corrected chi connectivity index (χ1v) is 10.8. The first-order valence-electron chi connectivity index (χ1n) is 10.8. The van der Waals surface area contributed by atoms with Crippen LogP contribution in [0.4, 0.5) is 4.39 Å². The third-order valence-corrected chi connectivity index (χ3v) is 7.02. The molecule has 0 bridgehead atoms. The van der Waals surface area contributed by atoms with E-state index in [4.69, 9.17) is 0 Å². The molecule has 0 saturated heterocycles. The van der Waals surface area contributed by atoms with Gasteiger partial charge < -0.3 is 0 Å². The molecule has 1 aromatic carbocycles. The highest BCUT2D eigenvalue weighted by molar-refractivity contribution is 5.75. The Labute approximate surface area is 159 Å². The van der Waals surface area contributed by atoms with Crippen LogP contribution in [0.25, 0.3) is 5.57 Å². The van der Waals surface area contributed by atoms with Crippen LogP contribution in [0.1, 0.15) is 83.6 Å². The Kier molecular flexibility index (Phi) is 6.73. The van der Waals surface area contributed by atoms with Gasteiger partial charge in [-0.25, -0.2) is 4.39 Å². The Morgan fingerprint density at radius 1 is 1.04 bits per heavy atom. The normalized spacial score (nSPS) is 28.8. The van der Waals surface area contributed by atoms with E-state index in [9.17, 15) is 4.39 Å². The van der Waals surface area contributed by atoms with Crippen molar-refractivity contribution in [1.82, 2.24) is 0 Å². The van der Waals surface area contributed by atoms with Crippen LogP contribution in [0.2, 0.25) is 0 Å². The average Bonchev–Trinajstić information content (AvgIpc) is 2.69. The lowest BCUT2D eigenvalue weighted by Crippen LogP contribution is -2.32. The van der Waals surface area contributed by atoms with Gasteiger partial charge in [0.25, 0.3) is 0 Å². The molecule has 142 valence electrons. The van der Waals surface area contributed by atoms with Crippen LogP contribution < -0.4 is 0 Å². The fraction of sp³-hybridized carbons (Fsp3) is 0.600. The summed E-state index contributed by atoms with van der Waals surface area (Å²) in [6.07, 6.45) is 20.3. The molecule has 1 fully saturated rings. The van der Waals surface area contributed by atoms with E-state index in [1.165, 1.54) is 57.8 Å². The molecule has 1 atom stereocenters. The Hall–Kier alpha value is -1.37. The van der Waals surface area contributed by atoms with E-state index >= 15 is 0 Å². The molecule has 0 aliphatic heterocycles. The molecule has 1 unspecified atom stereocenters. The Morgan fingerprint density at radius 2 is 1.81 bits per heavy atom. The minimum absolute atomic E-state index is 0.111. The molecule has 0 nitrogen and oxygen atoms in total. The summed E-state index contributed by atoms with van der Waals surface area (Å²) in [6, 6.07) is 7.15. The van der Waals surface area contributed by atoms with Gasteiger partial charge in [0.15, 0.2) is 0 Å². The van der Waals surface area contributed by atoms with Gasteiger partial charge in [-0.1, -0.05) is 88.8 Å². The summed E-state index contributed by atoms with van der Waals surface area (Å²) in [7, 11) is 0. The zero-order valence-corrected chi connectivity index (χ0v) is 16.6. The van der Waals surface area contributed by atoms with Crippen LogP contribution in [0.5, 0.6) is 0 Å². The van der Waals surface area contributed by atoms with Gasteiger partial charge in [-0.15, -0.1) is 0 Å². The van der Waals surface area contributed by atoms with Crippen molar-refractivity contribution in [2.24, 2.45) is 17.3 Å². The van der Waals surface area contributed by atoms with Crippen molar-refractivity contribution >= 4 is 5.57 Å². The molecule has 0 radical (unpaired) electrons. The summed E-state index contributed by atoms with van der Waals surface area (Å²) in [5.74, 6) is 1.65. The lowest BCUT2D eigenvalue weighted by Gasteiger charge is -2.43. The number of rotatable bonds is 7. The Balaban J connectivity index is 1.62.